The first-order chi connectivity index (χ1) is 12.7. The number of carbonyl (C=O) groups is 1. The van der Waals surface area contributed by atoms with Gasteiger partial charge in [0.1, 0.15) is 11.6 Å². The molecule has 2 N–H and O–H groups in total. The third-order valence-corrected chi connectivity index (χ3v) is 5.55. The van der Waals surface area contributed by atoms with Crippen LogP contribution in [0.5, 0.6) is 5.75 Å². The second kappa shape index (κ2) is 8.96. The number of sulfonamides is 1. The predicted octanol–water partition coefficient (Wildman–Crippen LogP) is 3.23. The van der Waals surface area contributed by atoms with E-state index in [1.807, 2.05) is 6.92 Å². The van der Waals surface area contributed by atoms with Crippen LogP contribution in [0.2, 0.25) is 0 Å². The molecule has 1 atom stereocenters. The highest BCUT2D eigenvalue weighted by molar-refractivity contribution is 7.89. The van der Waals surface area contributed by atoms with E-state index in [9.17, 15) is 17.6 Å². The van der Waals surface area contributed by atoms with Crippen molar-refractivity contribution in [3.05, 3.63) is 53.8 Å². The topological polar surface area (TPSA) is 84.5 Å². The average Bonchev–Trinajstić information content (AvgIpc) is 2.63. The molecule has 0 saturated carbocycles. The zero-order chi connectivity index (χ0) is 20.0. The highest BCUT2D eigenvalue weighted by atomic mass is 32.2. The highest BCUT2D eigenvalue weighted by Gasteiger charge is 2.16. The van der Waals surface area contributed by atoms with Crippen LogP contribution >= 0.6 is 0 Å². The van der Waals surface area contributed by atoms with Crippen LogP contribution in [0.15, 0.2) is 47.4 Å². The van der Waals surface area contributed by atoms with Crippen molar-refractivity contribution in [2.75, 3.05) is 11.9 Å². The van der Waals surface area contributed by atoms with Crippen LogP contribution in [0, 0.1) is 12.7 Å². The maximum atomic E-state index is 13.2. The number of rotatable bonds is 8. The average molecular weight is 394 g/mol. The van der Waals surface area contributed by atoms with Gasteiger partial charge in [-0.15, -0.1) is 0 Å². The van der Waals surface area contributed by atoms with E-state index in [0.29, 0.717) is 17.9 Å². The minimum atomic E-state index is -3.59. The fraction of sp³-hybridized carbons (Fsp3) is 0.316. The van der Waals surface area contributed by atoms with E-state index in [0.717, 1.165) is 5.56 Å². The standard InChI is InChI=1S/C19H23FN2O4S/c1-4-14(3)22-27(24,25)17-9-7-16(8-10-17)26-12-19(23)21-18-11-15(20)6-5-13(18)2/h5-11,14,22H,4,12H2,1-3H3,(H,21,23)/t14-/m1/s1. The monoisotopic (exact) mass is 394 g/mol. The van der Waals surface area contributed by atoms with Gasteiger partial charge < -0.3 is 10.1 Å². The van der Waals surface area contributed by atoms with Crippen LogP contribution < -0.4 is 14.8 Å². The van der Waals surface area contributed by atoms with Crippen LogP contribution in [0.1, 0.15) is 25.8 Å². The Kier molecular flexibility index (Phi) is 6.92. The first kappa shape index (κ1) is 20.9. The van der Waals surface area contributed by atoms with Crippen molar-refractivity contribution in [2.45, 2.75) is 38.1 Å². The van der Waals surface area contributed by atoms with Gasteiger partial charge in [-0.25, -0.2) is 17.5 Å². The molecule has 2 rings (SSSR count). The molecule has 0 fully saturated rings. The van der Waals surface area contributed by atoms with Gasteiger partial charge >= 0.3 is 0 Å². The number of nitrogens with one attached hydrogen (secondary N) is 2. The van der Waals surface area contributed by atoms with Crippen LogP contribution in [-0.2, 0) is 14.8 Å². The van der Waals surface area contributed by atoms with Crippen LogP contribution in [0.3, 0.4) is 0 Å². The van der Waals surface area contributed by atoms with Gasteiger partial charge in [-0.05, 0) is 62.2 Å². The van der Waals surface area contributed by atoms with Gasteiger partial charge in [-0.2, -0.15) is 0 Å². The molecule has 0 saturated heterocycles. The molecule has 1 amide bonds. The number of halogens is 1. The fourth-order valence-corrected chi connectivity index (χ4v) is 3.52. The lowest BCUT2D eigenvalue weighted by Gasteiger charge is -2.13. The molecule has 0 aromatic heterocycles. The molecule has 0 aliphatic carbocycles. The molecule has 146 valence electrons. The Morgan fingerprint density at radius 2 is 1.85 bits per heavy atom. The molecule has 6 nitrogen and oxygen atoms in total. The van der Waals surface area contributed by atoms with Crippen molar-refractivity contribution in [1.82, 2.24) is 4.72 Å². The maximum absolute atomic E-state index is 13.2. The SMILES string of the molecule is CC[C@@H](C)NS(=O)(=O)c1ccc(OCC(=O)Nc2cc(F)ccc2C)cc1. The molecule has 0 aliphatic heterocycles. The fourth-order valence-electron chi connectivity index (χ4n) is 2.20. The lowest BCUT2D eigenvalue weighted by molar-refractivity contribution is -0.118. The van der Waals surface area contributed by atoms with Gasteiger partial charge in [0.25, 0.3) is 5.91 Å². The molecule has 0 heterocycles. The van der Waals surface area contributed by atoms with E-state index in [1.165, 1.54) is 36.4 Å². The van der Waals surface area contributed by atoms with Gasteiger partial charge in [-0.3, -0.25) is 4.79 Å². The number of benzene rings is 2. The molecule has 8 heteroatoms. The number of hydrogen-bond donors (Lipinski definition) is 2. The molecular formula is C19H23FN2O4S. The van der Waals surface area contributed by atoms with E-state index >= 15 is 0 Å². The molecule has 2 aromatic carbocycles. The highest BCUT2D eigenvalue weighted by Crippen LogP contribution is 2.18. The molecule has 0 aliphatic rings. The third kappa shape index (κ3) is 6.04. The Hall–Kier alpha value is -2.45. The quantitative estimate of drug-likeness (QED) is 0.720. The second-order valence-corrected chi connectivity index (χ2v) is 7.91. The summed E-state index contributed by atoms with van der Waals surface area (Å²) < 4.78 is 45.6. The van der Waals surface area contributed by atoms with E-state index in [-0.39, 0.29) is 17.5 Å². The lowest BCUT2D eigenvalue weighted by Crippen LogP contribution is -2.31. The van der Waals surface area contributed by atoms with E-state index < -0.39 is 21.7 Å². The van der Waals surface area contributed by atoms with E-state index in [4.69, 9.17) is 4.74 Å². The molecular weight excluding hydrogens is 371 g/mol. The van der Waals surface area contributed by atoms with Crippen molar-refractivity contribution < 1.29 is 22.3 Å². The normalized spacial score (nSPS) is 12.4. The van der Waals surface area contributed by atoms with Crippen molar-refractivity contribution in [1.29, 1.82) is 0 Å². The van der Waals surface area contributed by atoms with Gasteiger partial charge in [0.15, 0.2) is 6.61 Å². The van der Waals surface area contributed by atoms with Crippen molar-refractivity contribution in [3.8, 4) is 5.75 Å². The summed E-state index contributed by atoms with van der Waals surface area (Å²) in [7, 11) is -3.59. The summed E-state index contributed by atoms with van der Waals surface area (Å²) in [6.07, 6.45) is 0.681. The zero-order valence-electron chi connectivity index (χ0n) is 15.5. The zero-order valence-corrected chi connectivity index (χ0v) is 16.3. The number of carbonyl (C=O) groups excluding carboxylic acids is 1. The van der Waals surface area contributed by atoms with Gasteiger partial charge in [0.05, 0.1) is 4.90 Å². The van der Waals surface area contributed by atoms with E-state index in [1.54, 1.807) is 19.9 Å². The van der Waals surface area contributed by atoms with Crippen molar-refractivity contribution >= 4 is 21.6 Å². The maximum Gasteiger partial charge on any atom is 0.262 e. The summed E-state index contributed by atoms with van der Waals surface area (Å²) >= 11 is 0. The van der Waals surface area contributed by atoms with Crippen LogP contribution in [-0.4, -0.2) is 27.0 Å². The molecule has 0 radical (unpaired) electrons. The Bertz CT molecular complexity index is 898. The second-order valence-electron chi connectivity index (χ2n) is 6.20. The number of aryl methyl sites for hydroxylation is 1. The molecule has 0 bridgehead atoms. The van der Waals surface area contributed by atoms with Gasteiger partial charge in [0, 0.05) is 11.7 Å². The largest absolute Gasteiger partial charge is 0.484 e. The number of hydrogen-bond acceptors (Lipinski definition) is 4. The summed E-state index contributed by atoms with van der Waals surface area (Å²) in [5.74, 6) is -0.540. The van der Waals surface area contributed by atoms with Crippen LogP contribution in [0.4, 0.5) is 10.1 Å². The Morgan fingerprint density at radius 1 is 1.19 bits per heavy atom. The Morgan fingerprint density at radius 3 is 2.48 bits per heavy atom. The molecule has 2 aromatic rings. The smallest absolute Gasteiger partial charge is 0.262 e. The predicted molar refractivity (Wildman–Crippen MR) is 102 cm³/mol. The summed E-state index contributed by atoms with van der Waals surface area (Å²) in [5, 5.41) is 2.58. The third-order valence-electron chi connectivity index (χ3n) is 3.95. The van der Waals surface area contributed by atoms with Gasteiger partial charge in [0.2, 0.25) is 10.0 Å². The van der Waals surface area contributed by atoms with Crippen molar-refractivity contribution in [3.63, 3.8) is 0 Å². The number of ether oxygens (including phenoxy) is 1. The summed E-state index contributed by atoms with van der Waals surface area (Å²) in [5.41, 5.74) is 1.11. The molecule has 0 unspecified atom stereocenters. The minimum absolute atomic E-state index is 0.120. The number of amides is 1. The summed E-state index contributed by atoms with van der Waals surface area (Å²) in [4.78, 5) is 12.1. The number of anilines is 1. The van der Waals surface area contributed by atoms with Crippen LogP contribution in [0.25, 0.3) is 0 Å². The van der Waals surface area contributed by atoms with E-state index in [2.05, 4.69) is 10.0 Å². The lowest BCUT2D eigenvalue weighted by atomic mass is 10.2. The first-order valence-electron chi connectivity index (χ1n) is 8.52. The first-order valence-corrected chi connectivity index (χ1v) is 10.0. The molecule has 0 spiro atoms. The van der Waals surface area contributed by atoms with Crippen molar-refractivity contribution in [2.24, 2.45) is 0 Å². The minimum Gasteiger partial charge on any atom is -0.484 e. The Balaban J connectivity index is 1.95. The summed E-state index contributed by atoms with van der Waals surface area (Å²) in [6, 6.07) is 9.73. The Labute approximate surface area is 158 Å². The molecule has 27 heavy (non-hydrogen) atoms. The summed E-state index contributed by atoms with van der Waals surface area (Å²) in [6.45, 7) is 5.14. The van der Waals surface area contributed by atoms with Gasteiger partial charge in [-0.1, -0.05) is 13.0 Å².